The lowest BCUT2D eigenvalue weighted by Gasteiger charge is -2.38. The van der Waals surface area contributed by atoms with E-state index in [9.17, 15) is 30.0 Å². The molecule has 0 amide bonds. The molecule has 0 aliphatic rings. The summed E-state index contributed by atoms with van der Waals surface area (Å²) in [4.78, 5) is 26.0. The second-order valence-corrected chi connectivity index (χ2v) is 10.2. The number of hydrogen-bond acceptors (Lipinski definition) is 7. The predicted octanol–water partition coefficient (Wildman–Crippen LogP) is 3.43. The number of aliphatic hydroxyl groups is 4. The first-order valence-corrected chi connectivity index (χ1v) is 13.0. The van der Waals surface area contributed by atoms with Gasteiger partial charge in [0.05, 0.1) is 13.2 Å². The highest BCUT2D eigenvalue weighted by atomic mass is 16.3. The molecule has 0 saturated heterocycles. The summed E-state index contributed by atoms with van der Waals surface area (Å²) in [5.74, 6) is -1.82. The molecule has 0 aromatic rings. The molecule has 0 saturated carbocycles. The highest BCUT2D eigenvalue weighted by molar-refractivity contribution is 6.13. The van der Waals surface area contributed by atoms with Crippen molar-refractivity contribution in [3.05, 3.63) is 0 Å². The van der Waals surface area contributed by atoms with E-state index in [-0.39, 0.29) is 6.42 Å². The van der Waals surface area contributed by atoms with Crippen LogP contribution in [0.25, 0.3) is 0 Å². The molecule has 33 heavy (non-hydrogen) atoms. The molecule has 0 heterocycles. The Kier molecular flexibility index (Phi) is 16.3. The molecule has 2 atom stereocenters. The second kappa shape index (κ2) is 16.7. The molecule has 0 bridgehead atoms. The third-order valence-electron chi connectivity index (χ3n) is 6.77. The Labute approximate surface area is 201 Å². The topological polar surface area (TPSA) is 141 Å². The van der Waals surface area contributed by atoms with E-state index in [2.05, 4.69) is 6.92 Å². The number of carbonyl (C=O) groups excluding carboxylic acids is 2. The van der Waals surface area contributed by atoms with Gasteiger partial charge < -0.3 is 26.2 Å². The molecule has 7 heteroatoms. The van der Waals surface area contributed by atoms with Gasteiger partial charge in [-0.05, 0) is 20.3 Å². The van der Waals surface area contributed by atoms with Crippen molar-refractivity contribution < 1.29 is 30.0 Å². The van der Waals surface area contributed by atoms with Gasteiger partial charge >= 0.3 is 0 Å². The lowest BCUT2D eigenvalue weighted by Crippen LogP contribution is -2.61. The highest BCUT2D eigenvalue weighted by Crippen LogP contribution is 2.35. The van der Waals surface area contributed by atoms with Crippen LogP contribution >= 0.6 is 0 Å². The van der Waals surface area contributed by atoms with Gasteiger partial charge in [0.25, 0.3) is 0 Å². The minimum absolute atomic E-state index is 0.0610. The molecule has 196 valence electrons. The van der Waals surface area contributed by atoms with Gasteiger partial charge in [0.2, 0.25) is 0 Å². The minimum Gasteiger partial charge on any atom is -0.393 e. The maximum atomic E-state index is 13.0. The quantitative estimate of drug-likeness (QED) is 0.120. The van der Waals surface area contributed by atoms with Crippen molar-refractivity contribution in [2.24, 2.45) is 11.1 Å². The molecule has 0 aliphatic heterocycles. The van der Waals surface area contributed by atoms with E-state index in [4.69, 9.17) is 5.73 Å². The van der Waals surface area contributed by atoms with Crippen LogP contribution in [0.2, 0.25) is 0 Å². The van der Waals surface area contributed by atoms with Gasteiger partial charge in [-0.25, -0.2) is 0 Å². The Bertz CT molecular complexity index is 519. The van der Waals surface area contributed by atoms with E-state index in [1.165, 1.54) is 57.8 Å². The van der Waals surface area contributed by atoms with Crippen LogP contribution in [-0.2, 0) is 9.59 Å². The molecule has 0 aromatic heterocycles. The zero-order chi connectivity index (χ0) is 25.4. The van der Waals surface area contributed by atoms with Gasteiger partial charge in [-0.3, -0.25) is 9.59 Å². The van der Waals surface area contributed by atoms with Gasteiger partial charge in [-0.15, -0.1) is 0 Å². The molecule has 0 rings (SSSR count). The van der Waals surface area contributed by atoms with E-state index in [0.717, 1.165) is 39.5 Å². The average Bonchev–Trinajstić information content (AvgIpc) is 2.81. The number of aliphatic hydroxyl groups excluding tert-OH is 2. The van der Waals surface area contributed by atoms with Crippen LogP contribution in [0.4, 0.5) is 0 Å². The van der Waals surface area contributed by atoms with Crippen molar-refractivity contribution in [1.82, 2.24) is 0 Å². The third-order valence-corrected chi connectivity index (χ3v) is 6.77. The van der Waals surface area contributed by atoms with Crippen molar-refractivity contribution in [2.45, 2.75) is 128 Å². The fourth-order valence-electron chi connectivity index (χ4n) is 4.41. The molecular formula is C26H51NO6. The maximum Gasteiger partial charge on any atom is 0.181 e. The number of carbonyl (C=O) groups is 2. The third kappa shape index (κ3) is 11.0. The minimum atomic E-state index is -2.16. The van der Waals surface area contributed by atoms with Crippen molar-refractivity contribution in [3.63, 3.8) is 0 Å². The van der Waals surface area contributed by atoms with Crippen LogP contribution in [0.3, 0.4) is 0 Å². The fraction of sp³-hybridized carbons (Fsp3) is 0.923. The number of rotatable bonds is 22. The van der Waals surface area contributed by atoms with Crippen LogP contribution in [0.1, 0.15) is 117 Å². The number of Topliss-reactive ketones (excluding diaryl/α,β-unsaturated/α-hetero) is 2. The van der Waals surface area contributed by atoms with Gasteiger partial charge in [0, 0.05) is 6.54 Å². The lowest BCUT2D eigenvalue weighted by molar-refractivity contribution is -0.165. The Balaban J connectivity index is 4.51. The maximum absolute atomic E-state index is 13.0. The summed E-state index contributed by atoms with van der Waals surface area (Å²) >= 11 is 0. The Hall–Kier alpha value is -0.860. The Morgan fingerprint density at radius 1 is 0.636 bits per heavy atom. The summed E-state index contributed by atoms with van der Waals surface area (Å²) < 4.78 is 0. The van der Waals surface area contributed by atoms with Crippen LogP contribution in [0, 0.1) is 5.41 Å². The SMILES string of the molecule is CCCCCCCCCCCCCCCCC(CN)(C(=O)C(C)(O)CO)C(=O)C(C)(O)CO. The van der Waals surface area contributed by atoms with E-state index in [1.54, 1.807) is 0 Å². The van der Waals surface area contributed by atoms with Crippen LogP contribution in [-0.4, -0.2) is 63.0 Å². The summed E-state index contributed by atoms with van der Waals surface area (Å²) in [5.41, 5.74) is -0.324. The highest BCUT2D eigenvalue weighted by Gasteiger charge is 2.55. The number of ketones is 2. The number of hydrogen-bond donors (Lipinski definition) is 5. The largest absolute Gasteiger partial charge is 0.393 e. The summed E-state index contributed by atoms with van der Waals surface area (Å²) in [7, 11) is 0. The molecule has 6 N–H and O–H groups in total. The standard InChI is InChI=1S/C26H51NO6/c1-4-5-6-7-8-9-10-11-12-13-14-15-16-17-18-26(19-27,22(30)24(2,32)20-28)23(31)25(3,33)21-29/h28-29,32-33H,4-21,27H2,1-3H3. The number of nitrogens with two attached hydrogens (primary N) is 1. The zero-order valence-corrected chi connectivity index (χ0v) is 21.4. The van der Waals surface area contributed by atoms with E-state index in [1.807, 2.05) is 0 Å². The molecule has 0 fully saturated rings. The molecule has 7 nitrogen and oxygen atoms in total. The van der Waals surface area contributed by atoms with Crippen molar-refractivity contribution >= 4 is 11.6 Å². The van der Waals surface area contributed by atoms with Crippen LogP contribution in [0.15, 0.2) is 0 Å². The first-order chi connectivity index (χ1) is 15.6. The summed E-state index contributed by atoms with van der Waals surface area (Å²) in [6.45, 7) is 2.37. The summed E-state index contributed by atoms with van der Waals surface area (Å²) in [5, 5.41) is 39.5. The zero-order valence-electron chi connectivity index (χ0n) is 21.4. The van der Waals surface area contributed by atoms with Gasteiger partial charge in [0.1, 0.15) is 16.6 Å². The molecule has 0 aliphatic carbocycles. The van der Waals surface area contributed by atoms with Gasteiger partial charge in [-0.1, -0.05) is 96.8 Å². The monoisotopic (exact) mass is 473 g/mol. The van der Waals surface area contributed by atoms with E-state index >= 15 is 0 Å². The first kappa shape index (κ1) is 32.1. The first-order valence-electron chi connectivity index (χ1n) is 13.0. The summed E-state index contributed by atoms with van der Waals surface area (Å²) in [6.07, 6.45) is 16.4. The molecule has 0 spiro atoms. The van der Waals surface area contributed by atoms with Gasteiger partial charge in [-0.2, -0.15) is 0 Å². The fourth-order valence-corrected chi connectivity index (χ4v) is 4.41. The van der Waals surface area contributed by atoms with Crippen molar-refractivity contribution in [2.75, 3.05) is 19.8 Å². The predicted molar refractivity (Wildman–Crippen MR) is 132 cm³/mol. The second-order valence-electron chi connectivity index (χ2n) is 10.2. The van der Waals surface area contributed by atoms with E-state index in [0.29, 0.717) is 6.42 Å². The molecule has 0 aromatic carbocycles. The summed E-state index contributed by atoms with van der Waals surface area (Å²) in [6, 6.07) is 0. The van der Waals surface area contributed by atoms with Crippen molar-refractivity contribution in [1.29, 1.82) is 0 Å². The van der Waals surface area contributed by atoms with Gasteiger partial charge in [0.15, 0.2) is 11.6 Å². The Morgan fingerprint density at radius 3 is 1.21 bits per heavy atom. The van der Waals surface area contributed by atoms with E-state index < -0.39 is 47.9 Å². The Morgan fingerprint density at radius 2 is 0.939 bits per heavy atom. The van der Waals surface area contributed by atoms with Crippen LogP contribution < -0.4 is 5.73 Å². The molecule has 0 radical (unpaired) electrons. The molecular weight excluding hydrogens is 422 g/mol. The van der Waals surface area contributed by atoms with Crippen LogP contribution in [0.5, 0.6) is 0 Å². The average molecular weight is 474 g/mol. The normalized spacial score (nSPS) is 17.2. The molecule has 2 unspecified atom stereocenters. The smallest absolute Gasteiger partial charge is 0.181 e. The van der Waals surface area contributed by atoms with Crippen molar-refractivity contribution in [3.8, 4) is 0 Å². The number of unbranched alkanes of at least 4 members (excludes halogenated alkanes) is 13. The lowest BCUT2D eigenvalue weighted by atomic mass is 9.66.